The molecule has 0 heterocycles. The molecule has 0 aliphatic rings. The van der Waals surface area contributed by atoms with Crippen molar-refractivity contribution in [3.05, 3.63) is 109 Å². The van der Waals surface area contributed by atoms with E-state index in [1.165, 1.54) is 109 Å². The van der Waals surface area contributed by atoms with Gasteiger partial charge in [-0.3, -0.25) is 4.79 Å². The minimum Gasteiger partial charge on any atom is -0.394 e. The average molecular weight is 816 g/mol. The van der Waals surface area contributed by atoms with Gasteiger partial charge < -0.3 is 15.5 Å². The Hall–Kier alpha value is -2.95. The Morgan fingerprint density at radius 2 is 0.746 bits per heavy atom. The van der Waals surface area contributed by atoms with Gasteiger partial charge in [-0.25, -0.2) is 0 Å². The van der Waals surface area contributed by atoms with Gasteiger partial charge in [-0.1, -0.05) is 232 Å². The third kappa shape index (κ3) is 46.0. The molecule has 1 amide bonds. The number of hydrogen-bond donors (Lipinski definition) is 3. The van der Waals surface area contributed by atoms with Crippen molar-refractivity contribution in [3.8, 4) is 0 Å². The number of rotatable bonds is 43. The van der Waals surface area contributed by atoms with Crippen LogP contribution in [0, 0.1) is 0 Å². The SMILES string of the molecule is CC/C=C\C/C=C\C/C=C\C/C=C\C/C=C\C/C=C\C/C=C\C/C=C\CCCCC(=O)NC(CO)C(O)/C=C/CCCCCCCCCCCCCCCCCCCC. The zero-order chi connectivity index (χ0) is 42.8. The van der Waals surface area contributed by atoms with Crippen LogP contribution in [0.3, 0.4) is 0 Å². The molecule has 0 fully saturated rings. The summed E-state index contributed by atoms with van der Waals surface area (Å²) in [6.45, 7) is 4.18. The molecule has 0 bridgehead atoms. The summed E-state index contributed by atoms with van der Waals surface area (Å²) in [6.07, 6.45) is 74.9. The van der Waals surface area contributed by atoms with Crippen molar-refractivity contribution in [1.82, 2.24) is 5.32 Å². The second-order valence-corrected chi connectivity index (χ2v) is 16.1. The Labute approximate surface area is 366 Å². The van der Waals surface area contributed by atoms with E-state index < -0.39 is 12.1 Å². The topological polar surface area (TPSA) is 69.6 Å². The van der Waals surface area contributed by atoms with Gasteiger partial charge >= 0.3 is 0 Å². The van der Waals surface area contributed by atoms with E-state index in [1.54, 1.807) is 6.08 Å². The molecule has 59 heavy (non-hydrogen) atoms. The van der Waals surface area contributed by atoms with Crippen LogP contribution in [0.1, 0.15) is 213 Å². The van der Waals surface area contributed by atoms with Crippen molar-refractivity contribution in [2.75, 3.05) is 6.61 Å². The van der Waals surface area contributed by atoms with Gasteiger partial charge in [0.25, 0.3) is 0 Å². The number of amides is 1. The van der Waals surface area contributed by atoms with Gasteiger partial charge in [-0.05, 0) is 83.5 Å². The maximum absolute atomic E-state index is 12.4. The quantitative estimate of drug-likeness (QED) is 0.0424. The van der Waals surface area contributed by atoms with Gasteiger partial charge in [0, 0.05) is 6.42 Å². The minimum atomic E-state index is -0.866. The fourth-order valence-electron chi connectivity index (χ4n) is 6.78. The van der Waals surface area contributed by atoms with E-state index in [9.17, 15) is 15.0 Å². The van der Waals surface area contributed by atoms with Crippen LogP contribution in [0.4, 0.5) is 0 Å². The Morgan fingerprint density at radius 3 is 1.12 bits per heavy atom. The number of carbonyl (C=O) groups is 1. The van der Waals surface area contributed by atoms with Gasteiger partial charge in [-0.2, -0.15) is 0 Å². The van der Waals surface area contributed by atoms with Crippen LogP contribution in [0.25, 0.3) is 0 Å². The summed E-state index contributed by atoms with van der Waals surface area (Å²) in [5.41, 5.74) is 0. The third-order valence-electron chi connectivity index (χ3n) is 10.5. The van der Waals surface area contributed by atoms with Crippen LogP contribution < -0.4 is 5.32 Å². The summed E-state index contributed by atoms with van der Waals surface area (Å²) in [5, 5.41) is 23.1. The zero-order valence-corrected chi connectivity index (χ0v) is 38.5. The van der Waals surface area contributed by atoms with Crippen molar-refractivity contribution in [2.45, 2.75) is 225 Å². The molecule has 4 nitrogen and oxygen atoms in total. The molecular weight excluding hydrogens is 723 g/mol. The highest BCUT2D eigenvalue weighted by atomic mass is 16.3. The first kappa shape index (κ1) is 56.0. The van der Waals surface area contributed by atoms with Gasteiger partial charge in [0.2, 0.25) is 5.91 Å². The number of unbranched alkanes of at least 4 members (excludes halogenated alkanes) is 20. The van der Waals surface area contributed by atoms with E-state index in [0.717, 1.165) is 83.5 Å². The Kier molecular flexibility index (Phi) is 46.9. The molecule has 2 atom stereocenters. The number of aliphatic hydroxyl groups is 2. The van der Waals surface area contributed by atoms with Gasteiger partial charge in [0.1, 0.15) is 0 Å². The maximum atomic E-state index is 12.4. The minimum absolute atomic E-state index is 0.110. The van der Waals surface area contributed by atoms with Crippen LogP contribution in [0.2, 0.25) is 0 Å². The summed E-state index contributed by atoms with van der Waals surface area (Å²) >= 11 is 0. The van der Waals surface area contributed by atoms with Gasteiger partial charge in [-0.15, -0.1) is 0 Å². The van der Waals surface area contributed by atoms with Crippen molar-refractivity contribution in [2.24, 2.45) is 0 Å². The van der Waals surface area contributed by atoms with E-state index in [1.807, 2.05) is 6.08 Å². The highest BCUT2D eigenvalue weighted by molar-refractivity contribution is 5.76. The Bertz CT molecular complexity index is 1150. The predicted molar refractivity (Wildman–Crippen MR) is 262 cm³/mol. The molecule has 0 aliphatic carbocycles. The summed E-state index contributed by atoms with van der Waals surface area (Å²) in [5.74, 6) is -0.110. The number of hydrogen-bond acceptors (Lipinski definition) is 3. The molecule has 2 unspecified atom stereocenters. The predicted octanol–water partition coefficient (Wildman–Crippen LogP) is 16.0. The molecule has 0 spiro atoms. The standard InChI is InChI=1S/C55H93NO3/c1-3-5-7-9-11-13-15-17-19-21-23-25-26-27-28-29-30-31-33-35-37-39-41-43-45-47-49-51-55(59)56-53(52-57)54(58)50-48-46-44-42-40-38-36-34-32-24-22-20-18-16-14-12-10-8-6-4-2/h5,7,11,13,17,19,23,25,27-28,30-31,35,37,41,43,48,50,53-54,57-58H,3-4,6,8-10,12,14-16,18,20-22,24,26,29,32-34,36,38-40,42,44-47,49,51-52H2,1-2H3,(H,56,59)/b7-5-,13-11-,19-17-,25-23-,28-27-,31-30-,37-35-,43-41-,50-48+. The molecule has 0 saturated carbocycles. The van der Waals surface area contributed by atoms with Crippen molar-refractivity contribution in [1.29, 1.82) is 0 Å². The lowest BCUT2D eigenvalue weighted by Gasteiger charge is -2.19. The number of nitrogens with one attached hydrogen (secondary N) is 1. The second kappa shape index (κ2) is 49.4. The molecule has 3 N–H and O–H groups in total. The van der Waals surface area contributed by atoms with Crippen molar-refractivity contribution >= 4 is 5.91 Å². The second-order valence-electron chi connectivity index (χ2n) is 16.1. The number of allylic oxidation sites excluding steroid dienone is 17. The lowest BCUT2D eigenvalue weighted by molar-refractivity contribution is -0.123. The summed E-state index contributed by atoms with van der Waals surface area (Å²) in [6, 6.07) is -0.654. The van der Waals surface area contributed by atoms with E-state index in [2.05, 4.69) is 116 Å². The van der Waals surface area contributed by atoms with Crippen LogP contribution >= 0.6 is 0 Å². The molecule has 0 rings (SSSR count). The van der Waals surface area contributed by atoms with Crippen LogP contribution in [-0.4, -0.2) is 34.9 Å². The summed E-state index contributed by atoms with van der Waals surface area (Å²) < 4.78 is 0. The van der Waals surface area contributed by atoms with Crippen LogP contribution in [0.15, 0.2) is 109 Å². The maximum Gasteiger partial charge on any atom is 0.220 e. The van der Waals surface area contributed by atoms with Crippen molar-refractivity contribution in [3.63, 3.8) is 0 Å². The fourth-order valence-corrected chi connectivity index (χ4v) is 6.78. The molecule has 0 aromatic rings. The normalized spacial score (nSPS) is 13.9. The van der Waals surface area contributed by atoms with E-state index in [4.69, 9.17) is 0 Å². The number of aliphatic hydroxyl groups excluding tert-OH is 2. The highest BCUT2D eigenvalue weighted by Gasteiger charge is 2.17. The molecule has 0 saturated heterocycles. The zero-order valence-electron chi connectivity index (χ0n) is 38.5. The monoisotopic (exact) mass is 816 g/mol. The first-order valence-electron chi connectivity index (χ1n) is 24.6. The van der Waals surface area contributed by atoms with Crippen LogP contribution in [-0.2, 0) is 4.79 Å². The lowest BCUT2D eigenvalue weighted by atomic mass is 10.0. The first-order chi connectivity index (χ1) is 29.2. The lowest BCUT2D eigenvalue weighted by Crippen LogP contribution is -2.45. The Balaban J connectivity index is 3.71. The molecular formula is C55H93NO3. The molecule has 0 aromatic carbocycles. The molecule has 0 radical (unpaired) electrons. The Morgan fingerprint density at radius 1 is 0.424 bits per heavy atom. The average Bonchev–Trinajstić information content (AvgIpc) is 3.24. The largest absolute Gasteiger partial charge is 0.394 e. The van der Waals surface area contributed by atoms with Gasteiger partial charge in [0.15, 0.2) is 0 Å². The van der Waals surface area contributed by atoms with Gasteiger partial charge in [0.05, 0.1) is 18.8 Å². The first-order valence-corrected chi connectivity index (χ1v) is 24.6. The molecule has 0 aromatic heterocycles. The van der Waals surface area contributed by atoms with E-state index in [0.29, 0.717) is 6.42 Å². The smallest absolute Gasteiger partial charge is 0.220 e. The molecule has 4 heteroatoms. The third-order valence-corrected chi connectivity index (χ3v) is 10.5. The summed E-state index contributed by atoms with van der Waals surface area (Å²) in [4.78, 5) is 12.4. The van der Waals surface area contributed by atoms with E-state index >= 15 is 0 Å². The fraction of sp³-hybridized carbons (Fsp3) is 0.655. The van der Waals surface area contributed by atoms with Crippen LogP contribution in [0.5, 0.6) is 0 Å². The van der Waals surface area contributed by atoms with E-state index in [-0.39, 0.29) is 12.5 Å². The molecule has 0 aliphatic heterocycles. The summed E-state index contributed by atoms with van der Waals surface area (Å²) in [7, 11) is 0. The highest BCUT2D eigenvalue weighted by Crippen LogP contribution is 2.15. The van der Waals surface area contributed by atoms with Crippen molar-refractivity contribution < 1.29 is 15.0 Å². The molecule has 336 valence electrons. The number of carbonyl (C=O) groups excluding carboxylic acids is 1.